The maximum absolute atomic E-state index is 3.92. The first-order valence-electron chi connectivity index (χ1n) is 16.7. The maximum atomic E-state index is 3.92. The molecule has 3 heteroatoms. The van der Waals surface area contributed by atoms with Crippen LogP contribution in [0.25, 0.3) is 0 Å². The number of hydrogen-bond acceptors (Lipinski definition) is 1. The standard InChI is InChI=1S/C43H46BrN2/c1-42(2)36-23-11-13-25-38(36)45(31-15-21-33-17-7-5-8-18-33)40(42)29-27-35(44)28-30-41-43(3,4)37-24-12-14-26-39(37)46(41)32-16-22-34-19-9-6-10-20-34/h5-14,17-20,23-30H,15-16,21-22,31-32H2,1-4H3/q+1. The van der Waals surface area contributed by atoms with Crippen molar-refractivity contribution in [3.8, 4) is 0 Å². The second-order valence-corrected chi connectivity index (χ2v) is 14.5. The molecular formula is C43H46BrN2+. The quantitative estimate of drug-likeness (QED) is 0.114. The highest BCUT2D eigenvalue weighted by atomic mass is 79.9. The minimum Gasteiger partial charge on any atom is -0.344 e. The van der Waals surface area contributed by atoms with E-state index in [1.807, 2.05) is 0 Å². The lowest BCUT2D eigenvalue weighted by molar-refractivity contribution is -0.438. The fourth-order valence-electron chi connectivity index (χ4n) is 7.31. The van der Waals surface area contributed by atoms with Crippen molar-refractivity contribution in [3.63, 3.8) is 0 Å². The van der Waals surface area contributed by atoms with Gasteiger partial charge in [0.1, 0.15) is 6.54 Å². The third kappa shape index (κ3) is 6.62. The summed E-state index contributed by atoms with van der Waals surface area (Å²) >= 11 is 3.92. The van der Waals surface area contributed by atoms with Crippen LogP contribution >= 0.6 is 15.9 Å². The molecule has 0 unspecified atom stereocenters. The first-order chi connectivity index (χ1) is 22.3. The Kier molecular flexibility index (Phi) is 9.61. The van der Waals surface area contributed by atoms with Gasteiger partial charge in [-0.15, -0.1) is 0 Å². The highest BCUT2D eigenvalue weighted by Crippen LogP contribution is 2.48. The SMILES string of the molecule is CC1(C)C(/C=C/C(Br)=C/C=C2/N(CCCc3ccccc3)c3ccccc3C2(C)C)=[N+](CCCc2ccccc2)c2ccccc21. The molecule has 0 aliphatic carbocycles. The molecule has 0 fully saturated rings. The van der Waals surface area contributed by atoms with Crippen LogP contribution in [-0.4, -0.2) is 23.4 Å². The van der Waals surface area contributed by atoms with E-state index >= 15 is 0 Å². The molecule has 0 spiro atoms. The van der Waals surface area contributed by atoms with E-state index in [0.29, 0.717) is 0 Å². The van der Waals surface area contributed by atoms with Crippen molar-refractivity contribution in [2.75, 3.05) is 18.0 Å². The summed E-state index contributed by atoms with van der Waals surface area (Å²) in [6.45, 7) is 11.4. The normalized spacial score (nSPS) is 17.6. The van der Waals surface area contributed by atoms with Crippen LogP contribution in [0.1, 0.15) is 62.8 Å². The number of benzene rings is 4. The molecule has 6 rings (SSSR count). The first-order valence-corrected chi connectivity index (χ1v) is 17.5. The maximum Gasteiger partial charge on any atom is 0.209 e. The molecular weight excluding hydrogens is 624 g/mol. The Balaban J connectivity index is 1.25. The highest BCUT2D eigenvalue weighted by Gasteiger charge is 2.44. The lowest BCUT2D eigenvalue weighted by Crippen LogP contribution is -2.28. The molecule has 2 aliphatic rings. The summed E-state index contributed by atoms with van der Waals surface area (Å²) in [4.78, 5) is 2.54. The number of hydrogen-bond donors (Lipinski definition) is 0. The van der Waals surface area contributed by atoms with Gasteiger partial charge in [0.2, 0.25) is 5.69 Å². The number of anilines is 1. The van der Waals surface area contributed by atoms with E-state index in [2.05, 4.69) is 187 Å². The zero-order chi connectivity index (χ0) is 32.1. The lowest BCUT2D eigenvalue weighted by Gasteiger charge is -2.27. The van der Waals surface area contributed by atoms with Crippen molar-refractivity contribution in [1.29, 1.82) is 0 Å². The van der Waals surface area contributed by atoms with E-state index in [9.17, 15) is 0 Å². The molecule has 0 saturated heterocycles. The minimum absolute atomic E-state index is 0.0732. The van der Waals surface area contributed by atoms with E-state index in [0.717, 1.165) is 43.3 Å². The summed E-state index contributed by atoms with van der Waals surface area (Å²) in [5, 5.41) is 0. The fourth-order valence-corrected chi connectivity index (χ4v) is 7.57. The number of aryl methyl sites for hydroxylation is 2. The molecule has 234 valence electrons. The van der Waals surface area contributed by atoms with Gasteiger partial charge in [-0.2, -0.15) is 4.58 Å². The van der Waals surface area contributed by atoms with Gasteiger partial charge in [0.05, 0.1) is 5.41 Å². The molecule has 0 saturated carbocycles. The summed E-state index contributed by atoms with van der Waals surface area (Å²) in [7, 11) is 0. The van der Waals surface area contributed by atoms with Gasteiger partial charge >= 0.3 is 0 Å². The molecule has 2 heterocycles. The van der Waals surface area contributed by atoms with Gasteiger partial charge in [-0.25, -0.2) is 0 Å². The van der Waals surface area contributed by atoms with Crippen LogP contribution in [0.15, 0.2) is 144 Å². The third-order valence-corrected chi connectivity index (χ3v) is 10.3. The van der Waals surface area contributed by atoms with Crippen LogP contribution in [0.4, 0.5) is 11.4 Å². The Morgan fingerprint density at radius 1 is 0.696 bits per heavy atom. The van der Waals surface area contributed by atoms with Gasteiger partial charge in [0.25, 0.3) is 0 Å². The van der Waals surface area contributed by atoms with Crippen molar-refractivity contribution in [2.24, 2.45) is 0 Å². The predicted octanol–water partition coefficient (Wildman–Crippen LogP) is 10.8. The van der Waals surface area contributed by atoms with Gasteiger partial charge in [0.15, 0.2) is 5.71 Å². The van der Waals surface area contributed by atoms with Gasteiger partial charge in [-0.3, -0.25) is 0 Å². The molecule has 2 aliphatic heterocycles. The molecule has 0 bridgehead atoms. The molecule has 0 aromatic heterocycles. The van der Waals surface area contributed by atoms with E-state index < -0.39 is 0 Å². The Morgan fingerprint density at radius 3 is 1.98 bits per heavy atom. The second kappa shape index (κ2) is 13.8. The molecule has 46 heavy (non-hydrogen) atoms. The summed E-state index contributed by atoms with van der Waals surface area (Å²) in [6.07, 6.45) is 13.5. The third-order valence-electron chi connectivity index (χ3n) is 9.78. The molecule has 0 radical (unpaired) electrons. The van der Waals surface area contributed by atoms with E-state index in [4.69, 9.17) is 0 Å². The number of halogens is 1. The number of fused-ring (bicyclic) bond motifs is 2. The number of nitrogens with zero attached hydrogens (tertiary/aromatic N) is 2. The monoisotopic (exact) mass is 669 g/mol. The molecule has 2 nitrogen and oxygen atoms in total. The average molecular weight is 671 g/mol. The zero-order valence-electron chi connectivity index (χ0n) is 27.7. The smallest absolute Gasteiger partial charge is 0.209 e. The number of para-hydroxylation sites is 2. The number of allylic oxidation sites excluding steroid dienone is 6. The van der Waals surface area contributed by atoms with Crippen LogP contribution < -0.4 is 4.90 Å². The Morgan fingerprint density at radius 2 is 1.28 bits per heavy atom. The Bertz CT molecular complexity index is 1790. The number of rotatable bonds is 11. The van der Waals surface area contributed by atoms with Gasteiger partial charge in [-0.1, -0.05) is 127 Å². The summed E-state index contributed by atoms with van der Waals surface area (Å²) < 4.78 is 3.61. The van der Waals surface area contributed by atoms with Gasteiger partial charge < -0.3 is 4.90 Å². The van der Waals surface area contributed by atoms with Crippen LogP contribution in [-0.2, 0) is 23.7 Å². The van der Waals surface area contributed by atoms with Crippen molar-refractivity contribution in [2.45, 2.75) is 64.2 Å². The molecule has 0 amide bonds. The first kappa shape index (κ1) is 32.0. The van der Waals surface area contributed by atoms with Gasteiger partial charge in [-0.05, 0) is 74.1 Å². The minimum atomic E-state index is -0.0732. The Hall–Kier alpha value is -3.95. The van der Waals surface area contributed by atoms with Crippen LogP contribution in [0.5, 0.6) is 0 Å². The summed E-state index contributed by atoms with van der Waals surface area (Å²) in [6, 6.07) is 39.5. The van der Waals surface area contributed by atoms with Crippen molar-refractivity contribution < 1.29 is 4.58 Å². The molecule has 0 atom stereocenters. The molecule has 4 aromatic carbocycles. The van der Waals surface area contributed by atoms with Crippen LogP contribution in [0.2, 0.25) is 0 Å². The van der Waals surface area contributed by atoms with Crippen molar-refractivity contribution >= 4 is 33.0 Å². The highest BCUT2D eigenvalue weighted by molar-refractivity contribution is 9.11. The second-order valence-electron chi connectivity index (χ2n) is 13.6. The van der Waals surface area contributed by atoms with Crippen molar-refractivity contribution in [1.82, 2.24) is 0 Å². The topological polar surface area (TPSA) is 6.25 Å². The lowest BCUT2D eigenvalue weighted by atomic mass is 9.81. The van der Waals surface area contributed by atoms with Gasteiger partial charge in [0, 0.05) is 52.0 Å². The van der Waals surface area contributed by atoms with Crippen LogP contribution in [0, 0.1) is 0 Å². The molecule has 0 N–H and O–H groups in total. The van der Waals surface area contributed by atoms with Crippen LogP contribution in [0.3, 0.4) is 0 Å². The van der Waals surface area contributed by atoms with E-state index in [1.165, 1.54) is 45.0 Å². The summed E-state index contributed by atoms with van der Waals surface area (Å²) in [5.74, 6) is 0. The summed E-state index contributed by atoms with van der Waals surface area (Å²) in [5.41, 5.74) is 10.8. The Labute approximate surface area is 284 Å². The zero-order valence-corrected chi connectivity index (χ0v) is 29.3. The van der Waals surface area contributed by atoms with E-state index in [-0.39, 0.29) is 10.8 Å². The molecule has 4 aromatic rings. The van der Waals surface area contributed by atoms with E-state index in [1.54, 1.807) is 0 Å². The fraction of sp³-hybridized carbons (Fsp3) is 0.279. The largest absolute Gasteiger partial charge is 0.344 e. The predicted molar refractivity (Wildman–Crippen MR) is 200 cm³/mol. The average Bonchev–Trinajstić information content (AvgIpc) is 3.42. The van der Waals surface area contributed by atoms with Crippen molar-refractivity contribution in [3.05, 3.63) is 166 Å².